The van der Waals surface area contributed by atoms with Crippen molar-refractivity contribution in [2.24, 2.45) is 0 Å². The van der Waals surface area contributed by atoms with E-state index in [9.17, 15) is 0 Å². The van der Waals surface area contributed by atoms with E-state index >= 15 is 0 Å². The summed E-state index contributed by atoms with van der Waals surface area (Å²) in [7, 11) is 0. The first-order valence-corrected chi connectivity index (χ1v) is 8.56. The maximum atomic E-state index is 6.14. The van der Waals surface area contributed by atoms with E-state index < -0.39 is 0 Å². The molecule has 1 aromatic heterocycles. The Morgan fingerprint density at radius 2 is 1.95 bits per heavy atom. The zero-order valence-corrected chi connectivity index (χ0v) is 14.4. The van der Waals surface area contributed by atoms with Crippen molar-refractivity contribution in [2.45, 2.75) is 17.8 Å². The monoisotopic (exact) mass is 374 g/mol. The van der Waals surface area contributed by atoms with Crippen LogP contribution < -0.4 is 5.84 Å². The molecular formula is C16H15BrN4S. The van der Waals surface area contributed by atoms with Gasteiger partial charge in [-0.3, -0.25) is 0 Å². The standard InChI is InChI=1S/C16H15BrN4S/c1-11-4-2-6-13(8-11)15-19-20-16(21(15)18)22-10-12-5-3-7-14(17)9-12/h2-9H,10,18H2,1H3. The molecule has 0 spiro atoms. The number of rotatable bonds is 4. The number of hydrogen-bond donors (Lipinski definition) is 1. The van der Waals surface area contributed by atoms with Crippen LogP contribution in [-0.2, 0) is 5.75 Å². The van der Waals surface area contributed by atoms with Crippen molar-refractivity contribution >= 4 is 27.7 Å². The Bertz CT molecular complexity index is 800. The van der Waals surface area contributed by atoms with Crippen molar-refractivity contribution in [2.75, 3.05) is 5.84 Å². The molecule has 0 saturated carbocycles. The molecule has 22 heavy (non-hydrogen) atoms. The second-order valence-electron chi connectivity index (χ2n) is 4.96. The number of halogens is 1. The minimum absolute atomic E-state index is 0.681. The Labute approximate surface area is 141 Å². The highest BCUT2D eigenvalue weighted by molar-refractivity contribution is 9.10. The van der Waals surface area contributed by atoms with Gasteiger partial charge in [0.05, 0.1) is 0 Å². The Kier molecular flexibility index (Phi) is 4.49. The summed E-state index contributed by atoms with van der Waals surface area (Å²) < 4.78 is 2.62. The van der Waals surface area contributed by atoms with Gasteiger partial charge in [-0.05, 0) is 30.7 Å². The SMILES string of the molecule is Cc1cccc(-c2nnc(SCc3cccc(Br)c3)n2N)c1. The zero-order chi connectivity index (χ0) is 15.5. The van der Waals surface area contributed by atoms with Gasteiger partial charge in [-0.15, -0.1) is 10.2 Å². The molecule has 0 atom stereocenters. The van der Waals surface area contributed by atoms with Crippen LogP contribution in [0.2, 0.25) is 0 Å². The van der Waals surface area contributed by atoms with E-state index in [0.717, 1.165) is 15.8 Å². The van der Waals surface area contributed by atoms with Crippen LogP contribution in [0.3, 0.4) is 0 Å². The van der Waals surface area contributed by atoms with Crippen molar-refractivity contribution in [3.8, 4) is 11.4 Å². The van der Waals surface area contributed by atoms with Gasteiger partial charge in [0.15, 0.2) is 5.82 Å². The Morgan fingerprint density at radius 1 is 1.14 bits per heavy atom. The van der Waals surface area contributed by atoms with Gasteiger partial charge in [-0.2, -0.15) is 0 Å². The summed E-state index contributed by atoms with van der Waals surface area (Å²) >= 11 is 5.05. The molecule has 4 nitrogen and oxygen atoms in total. The molecule has 3 rings (SSSR count). The molecule has 1 heterocycles. The molecule has 0 aliphatic carbocycles. The number of aryl methyl sites for hydroxylation is 1. The molecule has 3 aromatic rings. The van der Waals surface area contributed by atoms with Crippen molar-refractivity contribution in [1.29, 1.82) is 0 Å². The van der Waals surface area contributed by atoms with Crippen LogP contribution in [0.4, 0.5) is 0 Å². The summed E-state index contributed by atoms with van der Waals surface area (Å²) in [5.74, 6) is 7.62. The minimum atomic E-state index is 0.681. The molecule has 0 unspecified atom stereocenters. The normalized spacial score (nSPS) is 10.8. The van der Waals surface area contributed by atoms with Crippen molar-refractivity contribution < 1.29 is 0 Å². The molecule has 6 heteroatoms. The van der Waals surface area contributed by atoms with E-state index in [2.05, 4.69) is 44.3 Å². The lowest BCUT2D eigenvalue weighted by atomic mass is 10.1. The Morgan fingerprint density at radius 3 is 2.73 bits per heavy atom. The molecule has 0 amide bonds. The van der Waals surface area contributed by atoms with Gasteiger partial charge in [0.1, 0.15) is 0 Å². The molecule has 0 aliphatic heterocycles. The van der Waals surface area contributed by atoms with Gasteiger partial charge >= 0.3 is 0 Å². The first-order chi connectivity index (χ1) is 10.6. The predicted octanol–water partition coefficient (Wildman–Crippen LogP) is 4.02. The quantitative estimate of drug-likeness (QED) is 0.553. The van der Waals surface area contributed by atoms with Crippen LogP contribution in [0.25, 0.3) is 11.4 Å². The molecule has 0 aliphatic rings. The lowest BCUT2D eigenvalue weighted by molar-refractivity contribution is 0.849. The van der Waals surface area contributed by atoms with E-state index in [4.69, 9.17) is 5.84 Å². The summed E-state index contributed by atoms with van der Waals surface area (Å²) in [5, 5.41) is 9.12. The Balaban J connectivity index is 1.79. The molecule has 0 saturated heterocycles. The number of nitrogens with two attached hydrogens (primary N) is 1. The average molecular weight is 375 g/mol. The van der Waals surface area contributed by atoms with Gasteiger partial charge in [0.25, 0.3) is 0 Å². The highest BCUT2D eigenvalue weighted by Gasteiger charge is 2.12. The second-order valence-corrected chi connectivity index (χ2v) is 6.82. The van der Waals surface area contributed by atoms with Crippen molar-refractivity contribution in [1.82, 2.24) is 14.9 Å². The molecule has 2 aromatic carbocycles. The van der Waals surface area contributed by atoms with Gasteiger partial charge in [0, 0.05) is 15.8 Å². The maximum Gasteiger partial charge on any atom is 0.210 e. The first kappa shape index (κ1) is 15.1. The molecule has 0 fully saturated rings. The Hall–Kier alpha value is -1.79. The third-order valence-electron chi connectivity index (χ3n) is 3.20. The van der Waals surface area contributed by atoms with Crippen molar-refractivity contribution in [3.63, 3.8) is 0 Å². The third-order valence-corrected chi connectivity index (χ3v) is 4.71. The number of aromatic nitrogens is 3. The summed E-state index contributed by atoms with van der Waals surface area (Å²) in [4.78, 5) is 0. The fraction of sp³-hybridized carbons (Fsp3) is 0.125. The van der Waals surface area contributed by atoms with E-state index in [-0.39, 0.29) is 0 Å². The van der Waals surface area contributed by atoms with E-state index in [1.54, 1.807) is 16.4 Å². The first-order valence-electron chi connectivity index (χ1n) is 6.78. The lowest BCUT2D eigenvalue weighted by Crippen LogP contribution is -2.11. The number of nitrogens with zero attached hydrogens (tertiary/aromatic N) is 3. The highest BCUT2D eigenvalue weighted by Crippen LogP contribution is 2.25. The fourth-order valence-corrected chi connectivity index (χ4v) is 3.38. The van der Waals surface area contributed by atoms with Crippen LogP contribution >= 0.6 is 27.7 Å². The van der Waals surface area contributed by atoms with E-state index in [0.29, 0.717) is 11.0 Å². The van der Waals surface area contributed by atoms with Crippen LogP contribution in [0, 0.1) is 6.92 Å². The third kappa shape index (κ3) is 3.34. The van der Waals surface area contributed by atoms with E-state index in [1.807, 2.05) is 37.3 Å². The van der Waals surface area contributed by atoms with Gasteiger partial charge in [-0.1, -0.05) is 63.6 Å². The van der Waals surface area contributed by atoms with Gasteiger partial charge in [0.2, 0.25) is 5.16 Å². The molecule has 112 valence electrons. The van der Waals surface area contributed by atoms with Gasteiger partial charge in [-0.25, -0.2) is 4.68 Å². The number of hydrogen-bond acceptors (Lipinski definition) is 4. The van der Waals surface area contributed by atoms with E-state index in [1.165, 1.54) is 11.1 Å². The van der Waals surface area contributed by atoms with Crippen LogP contribution in [0.1, 0.15) is 11.1 Å². The summed E-state index contributed by atoms with van der Waals surface area (Å²) in [5.41, 5.74) is 3.35. The molecular weight excluding hydrogens is 360 g/mol. The highest BCUT2D eigenvalue weighted by atomic mass is 79.9. The summed E-state index contributed by atoms with van der Waals surface area (Å²) in [6.45, 7) is 2.05. The fourth-order valence-electron chi connectivity index (χ4n) is 2.13. The lowest BCUT2D eigenvalue weighted by Gasteiger charge is -2.05. The number of benzene rings is 2. The van der Waals surface area contributed by atoms with Gasteiger partial charge < -0.3 is 5.84 Å². The van der Waals surface area contributed by atoms with Crippen molar-refractivity contribution in [3.05, 3.63) is 64.1 Å². The molecule has 0 bridgehead atoms. The number of thioether (sulfide) groups is 1. The average Bonchev–Trinajstić information content (AvgIpc) is 2.86. The maximum absolute atomic E-state index is 6.14. The number of nitrogen functional groups attached to an aromatic ring is 1. The second kappa shape index (κ2) is 6.54. The zero-order valence-electron chi connectivity index (χ0n) is 12.0. The minimum Gasteiger partial charge on any atom is -0.335 e. The van der Waals surface area contributed by atoms with Crippen LogP contribution in [-0.4, -0.2) is 14.9 Å². The topological polar surface area (TPSA) is 56.7 Å². The predicted molar refractivity (Wildman–Crippen MR) is 94.0 cm³/mol. The molecule has 2 N–H and O–H groups in total. The molecule has 0 radical (unpaired) electrons. The largest absolute Gasteiger partial charge is 0.335 e. The summed E-state index contributed by atoms with van der Waals surface area (Å²) in [6.07, 6.45) is 0. The van der Waals surface area contributed by atoms with Crippen LogP contribution in [0.15, 0.2) is 58.2 Å². The van der Waals surface area contributed by atoms with Crippen LogP contribution in [0.5, 0.6) is 0 Å². The summed E-state index contributed by atoms with van der Waals surface area (Å²) in [6, 6.07) is 16.3. The smallest absolute Gasteiger partial charge is 0.210 e.